The monoisotopic (exact) mass is 559 g/mol. The number of aliphatic hydroxyl groups excluding tert-OH is 1. The highest BCUT2D eigenvalue weighted by atomic mass is 32.2. The molecule has 0 aliphatic carbocycles. The third-order valence-corrected chi connectivity index (χ3v) is 7.75. The lowest BCUT2D eigenvalue weighted by molar-refractivity contribution is -0.0907. The van der Waals surface area contributed by atoms with Crippen LogP contribution >= 0.6 is 0 Å². The molecule has 11 heteroatoms. The van der Waals surface area contributed by atoms with Crippen molar-refractivity contribution in [2.45, 2.75) is 55.9 Å². The van der Waals surface area contributed by atoms with Crippen molar-refractivity contribution in [3.8, 4) is 0 Å². The van der Waals surface area contributed by atoms with Gasteiger partial charge in [-0.3, -0.25) is 0 Å². The molecular weight excluding hydrogens is 510 g/mol. The van der Waals surface area contributed by atoms with E-state index in [9.17, 15) is 18.3 Å². The van der Waals surface area contributed by atoms with Crippen molar-refractivity contribution >= 4 is 21.8 Å². The Morgan fingerprint density at radius 2 is 2.00 bits per heavy atom. The lowest BCUT2D eigenvalue weighted by Crippen LogP contribution is -2.51. The molecule has 2 heterocycles. The Morgan fingerprint density at radius 1 is 1.26 bits per heavy atom. The van der Waals surface area contributed by atoms with Crippen molar-refractivity contribution < 1.29 is 49.0 Å². The predicted octanol–water partition coefficient (Wildman–Crippen LogP) is 2.38. The maximum Gasteiger partial charge on any atom is 0.407 e. The van der Waals surface area contributed by atoms with Crippen LogP contribution in [0.2, 0.25) is 0 Å². The Hall–Kier alpha value is -2.70. The van der Waals surface area contributed by atoms with Gasteiger partial charge in [-0.25, -0.2) is 13.2 Å². The lowest BCUT2D eigenvalue weighted by Gasteiger charge is -2.31. The molecular formula is C27H37N3O7S. The summed E-state index contributed by atoms with van der Waals surface area (Å²) in [7, 11) is -4.84. The van der Waals surface area contributed by atoms with Gasteiger partial charge in [-0.1, -0.05) is 44.0 Å². The molecule has 0 spiro atoms. The standard InChI is InChI=1S/C27H37N3O7S/c1-18(2)15-30(38(33,34)21-10-8-20(28)9-11-21)16-24(31)23(14-19-6-4-3-5-7-19)29-27(32)37-25-17-36-26-22(25)12-13-35-26/h3-11,18,22-26,31H,12-17,28H2,1-2H3,(H,29,32)/t22-,23-,24+,25-,26+/m0/s1/i1D3,2D3,12D2,13D2,18D,22D. The third kappa shape index (κ3) is 7.03. The number of rotatable bonds is 11. The summed E-state index contributed by atoms with van der Waals surface area (Å²) in [6.45, 7) is -13.1. The summed E-state index contributed by atoms with van der Waals surface area (Å²) < 4.78 is 140. The SMILES string of the molecule is [2H]C([2H])([2H])C([2H])(CN(C[C@@H](O)[C@H](Cc1ccccc1)NC(=O)O[C@H]1CO[C@H]2OC([2H])([2H])C([2H])([2H])[C@]21[2H])S(=O)(=O)c1ccc(N)cc1)C([2H])([2H])[2H]. The molecule has 2 aliphatic heterocycles. The van der Waals surface area contributed by atoms with E-state index in [1.165, 1.54) is 12.1 Å². The molecule has 1 amide bonds. The number of alkyl carbamates (subject to hydrolysis) is 1. The van der Waals surface area contributed by atoms with E-state index in [4.69, 9.17) is 36.4 Å². The van der Waals surface area contributed by atoms with E-state index < -0.39 is 104 Å². The first-order chi connectivity index (χ1) is 22.8. The van der Waals surface area contributed by atoms with Crippen molar-refractivity contribution in [3.05, 3.63) is 60.2 Å². The maximum atomic E-state index is 13.9. The molecule has 5 atom stereocenters. The number of hydrogen-bond acceptors (Lipinski definition) is 8. The van der Waals surface area contributed by atoms with Gasteiger partial charge < -0.3 is 30.4 Å². The zero-order valence-corrected chi connectivity index (χ0v) is 21.0. The summed E-state index contributed by atoms with van der Waals surface area (Å²) in [4.78, 5) is 12.8. The molecule has 208 valence electrons. The van der Waals surface area contributed by atoms with E-state index in [2.05, 4.69) is 5.32 Å². The molecule has 0 radical (unpaired) electrons. The topological polar surface area (TPSA) is 140 Å². The third-order valence-electron chi connectivity index (χ3n) is 5.92. The molecule has 10 nitrogen and oxygen atoms in total. The molecule has 2 aromatic rings. The van der Waals surface area contributed by atoms with Gasteiger partial charge in [0.2, 0.25) is 10.0 Å². The van der Waals surface area contributed by atoms with Crippen LogP contribution in [0.1, 0.15) is 42.1 Å². The van der Waals surface area contributed by atoms with Gasteiger partial charge in [0.05, 0.1) is 38.8 Å². The summed E-state index contributed by atoms with van der Waals surface area (Å²) in [6.07, 6.45) is -9.94. The van der Waals surface area contributed by atoms with Crippen LogP contribution < -0.4 is 11.1 Å². The van der Waals surface area contributed by atoms with Gasteiger partial charge >= 0.3 is 6.09 Å². The molecule has 2 fully saturated rings. The zero-order chi connectivity index (χ0) is 37.7. The van der Waals surface area contributed by atoms with Crippen LogP contribution in [0.15, 0.2) is 59.5 Å². The minimum atomic E-state index is -4.84. The van der Waals surface area contributed by atoms with E-state index >= 15 is 0 Å². The smallest absolute Gasteiger partial charge is 0.407 e. The summed E-state index contributed by atoms with van der Waals surface area (Å²) >= 11 is 0. The van der Waals surface area contributed by atoms with Crippen molar-refractivity contribution in [3.63, 3.8) is 0 Å². The second-order valence-corrected chi connectivity index (χ2v) is 10.7. The highest BCUT2D eigenvalue weighted by Gasteiger charge is 2.44. The van der Waals surface area contributed by atoms with E-state index in [1.807, 2.05) is 0 Å². The quantitative estimate of drug-likeness (QED) is 0.357. The largest absolute Gasteiger partial charge is 0.443 e. The fourth-order valence-corrected chi connectivity index (χ4v) is 5.42. The van der Waals surface area contributed by atoms with Gasteiger partial charge in [-0.15, -0.1) is 0 Å². The van der Waals surface area contributed by atoms with Gasteiger partial charge in [0.1, 0.15) is 6.10 Å². The van der Waals surface area contributed by atoms with Crippen LogP contribution in [-0.2, 0) is 30.7 Å². The zero-order valence-electron chi connectivity index (χ0n) is 32.2. The van der Waals surface area contributed by atoms with Crippen LogP contribution in [-0.4, -0.2) is 74.7 Å². The first-order valence-corrected chi connectivity index (χ1v) is 13.1. The number of nitrogens with zero attached hydrogens (tertiary/aromatic N) is 1. The first-order valence-electron chi connectivity index (χ1n) is 17.6. The normalized spacial score (nSPS) is 33.0. The minimum absolute atomic E-state index is 0.169. The number of anilines is 1. The molecule has 0 saturated carbocycles. The summed E-state index contributed by atoms with van der Waals surface area (Å²) in [5, 5.41) is 13.9. The van der Waals surface area contributed by atoms with Crippen molar-refractivity contribution in [1.82, 2.24) is 9.62 Å². The number of benzene rings is 2. The molecule has 4 N–H and O–H groups in total. The number of ether oxygens (including phenoxy) is 3. The Kier molecular flexibility index (Phi) is 5.37. The number of carbonyl (C=O) groups excluding carboxylic acids is 1. The number of nitrogens with one attached hydrogen (secondary N) is 1. The van der Waals surface area contributed by atoms with Crippen LogP contribution in [0, 0.1) is 11.8 Å². The van der Waals surface area contributed by atoms with Gasteiger partial charge in [-0.2, -0.15) is 4.31 Å². The van der Waals surface area contributed by atoms with Gasteiger partial charge in [-0.05, 0) is 48.5 Å². The van der Waals surface area contributed by atoms with Crippen LogP contribution in [0.4, 0.5) is 10.5 Å². The summed E-state index contributed by atoms with van der Waals surface area (Å²) in [6, 6.07) is 11.3. The van der Waals surface area contributed by atoms with Crippen LogP contribution in [0.25, 0.3) is 0 Å². The number of aliphatic hydroxyl groups is 1. The van der Waals surface area contributed by atoms with Crippen LogP contribution in [0.5, 0.6) is 0 Å². The van der Waals surface area contributed by atoms with E-state index in [0.717, 1.165) is 12.1 Å². The molecule has 0 aromatic heterocycles. The molecule has 4 rings (SSSR count). The van der Waals surface area contributed by atoms with Crippen LogP contribution in [0.3, 0.4) is 0 Å². The Morgan fingerprint density at radius 3 is 2.71 bits per heavy atom. The number of carbonyl (C=O) groups is 1. The van der Waals surface area contributed by atoms with E-state index in [-0.39, 0.29) is 12.1 Å². The Labute approximate surface area is 241 Å². The first kappa shape index (κ1) is 16.4. The fourth-order valence-electron chi connectivity index (χ4n) is 4.00. The molecule has 2 aromatic carbocycles. The van der Waals surface area contributed by atoms with Gasteiger partial charge in [0, 0.05) is 32.5 Å². The average Bonchev–Trinajstić information content (AvgIpc) is 3.37. The van der Waals surface area contributed by atoms with Gasteiger partial charge in [0.25, 0.3) is 0 Å². The number of nitrogen functional groups attached to an aromatic ring is 1. The second kappa shape index (κ2) is 12.4. The number of sulfonamides is 1. The molecule has 2 aliphatic rings. The molecule has 0 bridgehead atoms. The highest BCUT2D eigenvalue weighted by molar-refractivity contribution is 7.89. The second-order valence-electron chi connectivity index (χ2n) is 8.71. The van der Waals surface area contributed by atoms with Gasteiger partial charge in [0.15, 0.2) is 6.29 Å². The van der Waals surface area contributed by atoms with Crippen molar-refractivity contribution in [2.75, 3.05) is 32.0 Å². The number of amides is 1. The van der Waals surface area contributed by atoms with E-state index in [1.54, 1.807) is 30.3 Å². The molecule has 2 saturated heterocycles. The Bertz CT molecular complexity index is 1620. The maximum absolute atomic E-state index is 13.9. The number of nitrogens with two attached hydrogens (primary N) is 1. The summed E-state index contributed by atoms with van der Waals surface area (Å²) in [5.74, 6) is -5.93. The number of hydrogen-bond donors (Lipinski definition) is 3. The van der Waals surface area contributed by atoms with E-state index in [0.29, 0.717) is 9.87 Å². The highest BCUT2D eigenvalue weighted by Crippen LogP contribution is 2.33. The minimum Gasteiger partial charge on any atom is -0.443 e. The average molecular weight is 560 g/mol. The van der Waals surface area contributed by atoms with Crippen molar-refractivity contribution in [2.24, 2.45) is 11.8 Å². The number of fused-ring (bicyclic) bond motifs is 1. The lowest BCUT2D eigenvalue weighted by atomic mass is 10.0. The predicted molar refractivity (Wildman–Crippen MR) is 142 cm³/mol. The molecule has 0 unspecified atom stereocenters. The van der Waals surface area contributed by atoms with Crippen molar-refractivity contribution in [1.29, 1.82) is 0 Å². The summed E-state index contributed by atoms with van der Waals surface area (Å²) in [5.41, 5.74) is 6.35. The Balaban J connectivity index is 1.68. The molecule has 38 heavy (non-hydrogen) atoms. The fraction of sp³-hybridized carbons (Fsp3) is 0.519.